The zero-order valence-electron chi connectivity index (χ0n) is 26.0. The van der Waals surface area contributed by atoms with E-state index in [2.05, 4.69) is 51.3 Å². The predicted molar refractivity (Wildman–Crippen MR) is 169 cm³/mol. The van der Waals surface area contributed by atoms with Gasteiger partial charge in [-0.1, -0.05) is 31.4 Å². The highest BCUT2D eigenvalue weighted by Crippen LogP contribution is 2.38. The number of nitrogens with zero attached hydrogens (tertiary/aromatic N) is 6. The molecule has 0 spiro atoms. The molecule has 3 fully saturated rings. The van der Waals surface area contributed by atoms with E-state index in [0.29, 0.717) is 35.4 Å². The number of amides is 3. The van der Waals surface area contributed by atoms with Crippen molar-refractivity contribution >= 4 is 40.7 Å². The molecule has 6 rings (SSSR count). The molecule has 3 N–H and O–H groups in total. The maximum atomic E-state index is 13.0. The first-order valence-electron chi connectivity index (χ1n) is 15.7. The minimum Gasteiger partial charge on any atom is -0.351 e. The van der Waals surface area contributed by atoms with Gasteiger partial charge in [0.15, 0.2) is 6.17 Å². The lowest BCUT2D eigenvalue weighted by molar-refractivity contribution is 0.121. The number of aromatic nitrogens is 4. The summed E-state index contributed by atoms with van der Waals surface area (Å²) >= 11 is 6.43. The number of carbonyl (C=O) groups is 2. The summed E-state index contributed by atoms with van der Waals surface area (Å²) in [6.07, 6.45) is 6.89. The Labute approximate surface area is 262 Å². The first-order chi connectivity index (χ1) is 21.1. The predicted octanol–water partition coefficient (Wildman–Crippen LogP) is 5.23. The Kier molecular flexibility index (Phi) is 8.56. The molecule has 1 saturated carbocycles. The van der Waals surface area contributed by atoms with Crippen LogP contribution in [0.15, 0.2) is 24.5 Å². The second-order valence-corrected chi connectivity index (χ2v) is 13.4. The van der Waals surface area contributed by atoms with Crippen LogP contribution < -0.4 is 21.0 Å². The topological polar surface area (TPSA) is 130 Å². The highest BCUT2D eigenvalue weighted by Gasteiger charge is 2.37. The number of fused-ring (bicyclic) bond motifs is 1. The summed E-state index contributed by atoms with van der Waals surface area (Å²) in [6.45, 7) is 12.5. The molecule has 0 radical (unpaired) electrons. The molecule has 12 nitrogen and oxygen atoms in total. The lowest BCUT2D eigenvalue weighted by Crippen LogP contribution is -2.61. The Bertz CT molecular complexity index is 1530. The van der Waals surface area contributed by atoms with Crippen LogP contribution in [0.4, 0.5) is 15.5 Å². The SMILES string of the molecule is CC1CCC(Cn2c(N3[C@H](C)CN(C(=O)NC(C)C)C[C@H]3C)nc3cc(C4NOC(=O)N4)nc(-c4cncc(Cl)c4)c32)CC1. The van der Waals surface area contributed by atoms with Crippen LogP contribution in [0.1, 0.15) is 72.2 Å². The fraction of sp³-hybridized carbons (Fsp3) is 0.581. The standard InChI is InChI=1S/C31H42ClN9O3/c1-17(2)34-30(42)39-14-19(4)41(20(5)15-39)29-36-24-11-25(28-37-31(43)44-38-28)35-26(22-10-23(32)13-33-12-22)27(24)40(29)16-21-8-6-18(3)7-9-21/h10-13,17-21,28,38H,6-9,14-16H2,1-5H3,(H,34,42)(H,37,43)/t18?,19-,20-,21?,28?/m1/s1. The first kappa shape index (κ1) is 30.4. The number of halogens is 1. The van der Waals surface area contributed by atoms with E-state index in [1.54, 1.807) is 12.4 Å². The molecule has 2 saturated heterocycles. The van der Waals surface area contributed by atoms with Crippen LogP contribution in [0, 0.1) is 11.8 Å². The second-order valence-electron chi connectivity index (χ2n) is 13.0. The fourth-order valence-corrected chi connectivity index (χ4v) is 7.01. The number of imidazole rings is 1. The number of anilines is 1. The number of hydrogen-bond donors (Lipinski definition) is 3. The van der Waals surface area contributed by atoms with Gasteiger partial charge in [0.1, 0.15) is 0 Å². The van der Waals surface area contributed by atoms with E-state index in [9.17, 15) is 9.59 Å². The van der Waals surface area contributed by atoms with Gasteiger partial charge in [-0.15, -0.1) is 5.48 Å². The van der Waals surface area contributed by atoms with Gasteiger partial charge in [-0.3, -0.25) is 10.3 Å². The molecule has 3 aromatic rings. The molecule has 3 aliphatic rings. The van der Waals surface area contributed by atoms with Gasteiger partial charge < -0.3 is 24.5 Å². The molecule has 0 aromatic carbocycles. The van der Waals surface area contributed by atoms with Gasteiger partial charge in [-0.25, -0.2) is 19.6 Å². The fourth-order valence-electron chi connectivity index (χ4n) is 6.84. The van der Waals surface area contributed by atoms with Crippen LogP contribution >= 0.6 is 11.6 Å². The zero-order valence-corrected chi connectivity index (χ0v) is 26.8. The molecule has 1 aliphatic carbocycles. The maximum Gasteiger partial charge on any atom is 0.427 e. The molecule has 3 amide bonds. The summed E-state index contributed by atoms with van der Waals surface area (Å²) in [6, 6.07) is 3.83. The summed E-state index contributed by atoms with van der Waals surface area (Å²) in [5, 5.41) is 6.30. The molecule has 3 aromatic heterocycles. The van der Waals surface area contributed by atoms with Crippen molar-refractivity contribution in [3.8, 4) is 11.3 Å². The van der Waals surface area contributed by atoms with Gasteiger partial charge in [0.05, 0.1) is 27.4 Å². The Morgan fingerprint density at radius 2 is 1.82 bits per heavy atom. The number of carbonyl (C=O) groups excluding carboxylic acids is 2. The first-order valence-corrected chi connectivity index (χ1v) is 16.0. The van der Waals surface area contributed by atoms with Crippen molar-refractivity contribution in [2.45, 2.75) is 91.1 Å². The average molecular weight is 624 g/mol. The molecule has 44 heavy (non-hydrogen) atoms. The number of pyridine rings is 2. The van der Waals surface area contributed by atoms with Crippen LogP contribution in [0.5, 0.6) is 0 Å². The van der Waals surface area contributed by atoms with Gasteiger partial charge in [0.2, 0.25) is 5.95 Å². The molecule has 0 bridgehead atoms. The van der Waals surface area contributed by atoms with Crippen molar-refractivity contribution in [1.82, 2.24) is 40.5 Å². The minimum atomic E-state index is -0.632. The Morgan fingerprint density at radius 3 is 2.45 bits per heavy atom. The van der Waals surface area contributed by atoms with Crippen LogP contribution in [0.25, 0.3) is 22.3 Å². The average Bonchev–Trinajstić information content (AvgIpc) is 3.56. The number of urea groups is 1. The number of hydroxylamine groups is 1. The van der Waals surface area contributed by atoms with E-state index < -0.39 is 12.3 Å². The van der Waals surface area contributed by atoms with Crippen molar-refractivity contribution in [3.63, 3.8) is 0 Å². The third-order valence-corrected chi connectivity index (χ3v) is 9.16. The molecule has 1 unspecified atom stereocenters. The van der Waals surface area contributed by atoms with E-state index in [1.165, 1.54) is 12.8 Å². The number of hydrogen-bond acceptors (Lipinski definition) is 8. The summed E-state index contributed by atoms with van der Waals surface area (Å²) < 4.78 is 2.33. The van der Waals surface area contributed by atoms with Crippen molar-refractivity contribution in [3.05, 3.63) is 35.2 Å². The molecular formula is C31H42ClN9O3. The van der Waals surface area contributed by atoms with Gasteiger partial charge >= 0.3 is 12.1 Å². The van der Waals surface area contributed by atoms with Crippen molar-refractivity contribution in [1.29, 1.82) is 0 Å². The monoisotopic (exact) mass is 623 g/mol. The maximum absolute atomic E-state index is 13.0. The van der Waals surface area contributed by atoms with Gasteiger partial charge in [-0.05, 0) is 64.5 Å². The quantitative estimate of drug-likeness (QED) is 0.340. The van der Waals surface area contributed by atoms with Gasteiger partial charge in [0, 0.05) is 55.7 Å². The largest absolute Gasteiger partial charge is 0.427 e. The highest BCUT2D eigenvalue weighted by atomic mass is 35.5. The molecule has 2 aliphatic heterocycles. The van der Waals surface area contributed by atoms with Crippen molar-refractivity contribution in [2.75, 3.05) is 18.0 Å². The van der Waals surface area contributed by atoms with E-state index in [0.717, 1.165) is 47.8 Å². The second kappa shape index (κ2) is 12.4. The third kappa shape index (κ3) is 6.14. The molecule has 13 heteroatoms. The van der Waals surface area contributed by atoms with Gasteiger partial charge in [0.25, 0.3) is 0 Å². The number of rotatable bonds is 6. The van der Waals surface area contributed by atoms with E-state index in [-0.39, 0.29) is 24.2 Å². The Balaban J connectivity index is 1.48. The lowest BCUT2D eigenvalue weighted by Gasteiger charge is -2.45. The van der Waals surface area contributed by atoms with Crippen LogP contribution in [0.2, 0.25) is 5.02 Å². The highest BCUT2D eigenvalue weighted by molar-refractivity contribution is 6.30. The number of piperazine rings is 1. The molecule has 236 valence electrons. The lowest BCUT2D eigenvalue weighted by atomic mass is 9.83. The molecular weight excluding hydrogens is 582 g/mol. The Morgan fingerprint density at radius 1 is 1.09 bits per heavy atom. The van der Waals surface area contributed by atoms with E-state index >= 15 is 0 Å². The zero-order chi connectivity index (χ0) is 31.1. The van der Waals surface area contributed by atoms with Crippen LogP contribution in [-0.4, -0.2) is 67.8 Å². The summed E-state index contributed by atoms with van der Waals surface area (Å²) in [5.41, 5.74) is 6.39. The normalized spacial score (nSPS) is 25.8. The van der Waals surface area contributed by atoms with E-state index in [4.69, 9.17) is 26.4 Å². The van der Waals surface area contributed by atoms with E-state index in [1.807, 2.05) is 30.9 Å². The van der Waals surface area contributed by atoms with Crippen LogP contribution in [0.3, 0.4) is 0 Å². The Hall–Kier alpha value is -3.64. The molecule has 5 heterocycles. The summed E-state index contributed by atoms with van der Waals surface area (Å²) in [7, 11) is 0. The van der Waals surface area contributed by atoms with Gasteiger partial charge in [-0.2, -0.15) is 0 Å². The third-order valence-electron chi connectivity index (χ3n) is 8.96. The minimum absolute atomic E-state index is 0.0199. The number of nitrogens with one attached hydrogen (secondary N) is 3. The van der Waals surface area contributed by atoms with Crippen molar-refractivity contribution < 1.29 is 14.4 Å². The smallest absolute Gasteiger partial charge is 0.351 e. The summed E-state index contributed by atoms with van der Waals surface area (Å²) in [4.78, 5) is 48.8. The van der Waals surface area contributed by atoms with Crippen molar-refractivity contribution in [2.24, 2.45) is 11.8 Å². The van der Waals surface area contributed by atoms with Crippen LogP contribution in [-0.2, 0) is 11.4 Å². The summed E-state index contributed by atoms with van der Waals surface area (Å²) in [5.74, 6) is 2.10. The molecule has 3 atom stereocenters.